The summed E-state index contributed by atoms with van der Waals surface area (Å²) in [5, 5.41) is 19.3. The van der Waals surface area contributed by atoms with Gasteiger partial charge in [-0.3, -0.25) is 5.32 Å². The minimum absolute atomic E-state index is 0.391. The molecule has 0 spiro atoms. The summed E-state index contributed by atoms with van der Waals surface area (Å²) in [6.45, 7) is 0. The first-order chi connectivity index (χ1) is 8.74. The first-order valence-electron chi connectivity index (χ1n) is 5.07. The summed E-state index contributed by atoms with van der Waals surface area (Å²) in [7, 11) is 1.58. The van der Waals surface area contributed by atoms with Crippen LogP contribution in [-0.4, -0.2) is 17.3 Å². The lowest BCUT2D eigenvalue weighted by atomic mass is 10.1. The fraction of sp³-hybridized carbons (Fsp3) is 0.0833. The lowest BCUT2D eigenvalue weighted by Crippen LogP contribution is -1.96. The largest absolute Gasteiger partial charge is 0.496 e. The highest BCUT2D eigenvalue weighted by atomic mass is 35.5. The summed E-state index contributed by atoms with van der Waals surface area (Å²) in [5.41, 5.74) is 1.37. The Morgan fingerprint density at radius 1 is 1.28 bits per heavy atom. The van der Waals surface area contributed by atoms with E-state index < -0.39 is 0 Å². The van der Waals surface area contributed by atoms with Gasteiger partial charge in [-0.15, -0.1) is 10.2 Å². The zero-order valence-electron chi connectivity index (χ0n) is 9.51. The number of hydrogen-bond acceptors (Lipinski definition) is 5. The molecular weight excluding hydrogens is 252 g/mol. The number of rotatable bonds is 3. The van der Waals surface area contributed by atoms with Gasteiger partial charge in [-0.05, 0) is 30.3 Å². The lowest BCUT2D eigenvalue weighted by Gasteiger charge is -2.07. The molecule has 1 aromatic carbocycles. The Bertz CT molecular complexity index is 592. The number of anilines is 1. The number of benzene rings is 1. The molecule has 0 bridgehead atoms. The molecule has 18 heavy (non-hydrogen) atoms. The molecule has 0 saturated heterocycles. The number of nitriles is 1. The van der Waals surface area contributed by atoms with Crippen LogP contribution in [0.2, 0.25) is 5.02 Å². The molecule has 6 heteroatoms. The van der Waals surface area contributed by atoms with Gasteiger partial charge in [0.1, 0.15) is 5.75 Å². The van der Waals surface area contributed by atoms with Crippen LogP contribution in [0.25, 0.3) is 11.3 Å². The predicted octanol–water partition coefficient (Wildman–Crippen LogP) is 2.70. The number of nitrogens with one attached hydrogen (secondary N) is 1. The lowest BCUT2D eigenvalue weighted by molar-refractivity contribution is 0.416. The molecule has 1 N–H and O–H groups in total. The molecule has 0 aliphatic rings. The molecule has 0 atom stereocenters. The van der Waals surface area contributed by atoms with Gasteiger partial charge in [0.15, 0.2) is 12.0 Å². The van der Waals surface area contributed by atoms with E-state index in [0.29, 0.717) is 22.3 Å². The topological polar surface area (TPSA) is 70.8 Å². The van der Waals surface area contributed by atoms with Gasteiger partial charge in [0.05, 0.1) is 12.8 Å². The van der Waals surface area contributed by atoms with Crippen molar-refractivity contribution in [2.75, 3.05) is 12.4 Å². The second kappa shape index (κ2) is 5.34. The molecule has 90 valence electrons. The molecule has 0 saturated carbocycles. The van der Waals surface area contributed by atoms with Crippen LogP contribution in [-0.2, 0) is 0 Å². The van der Waals surface area contributed by atoms with Crippen LogP contribution in [0.4, 0.5) is 5.82 Å². The van der Waals surface area contributed by atoms with Crippen molar-refractivity contribution in [3.63, 3.8) is 0 Å². The first-order valence-corrected chi connectivity index (χ1v) is 5.45. The van der Waals surface area contributed by atoms with Crippen molar-refractivity contribution in [3.05, 3.63) is 35.4 Å². The zero-order chi connectivity index (χ0) is 13.0. The third-order valence-electron chi connectivity index (χ3n) is 2.29. The van der Waals surface area contributed by atoms with E-state index in [1.54, 1.807) is 43.6 Å². The van der Waals surface area contributed by atoms with Crippen molar-refractivity contribution in [1.29, 1.82) is 5.26 Å². The summed E-state index contributed by atoms with van der Waals surface area (Å²) < 4.78 is 5.24. The van der Waals surface area contributed by atoms with E-state index in [4.69, 9.17) is 21.6 Å². The van der Waals surface area contributed by atoms with Gasteiger partial charge in [-0.25, -0.2) is 0 Å². The van der Waals surface area contributed by atoms with Crippen LogP contribution in [0.15, 0.2) is 30.3 Å². The van der Waals surface area contributed by atoms with E-state index in [9.17, 15) is 0 Å². The zero-order valence-corrected chi connectivity index (χ0v) is 10.3. The fourth-order valence-electron chi connectivity index (χ4n) is 1.48. The van der Waals surface area contributed by atoms with Crippen LogP contribution < -0.4 is 10.1 Å². The SMILES string of the molecule is COc1ccc(Cl)cc1-c1ccc(NC#N)nn1. The molecule has 0 radical (unpaired) electrons. The fourth-order valence-corrected chi connectivity index (χ4v) is 1.65. The van der Waals surface area contributed by atoms with E-state index in [1.165, 1.54) is 0 Å². The van der Waals surface area contributed by atoms with E-state index in [1.807, 2.05) is 0 Å². The van der Waals surface area contributed by atoms with E-state index >= 15 is 0 Å². The van der Waals surface area contributed by atoms with Gasteiger partial charge in [0.2, 0.25) is 0 Å². The molecule has 0 fully saturated rings. The molecule has 5 nitrogen and oxygen atoms in total. The molecule has 1 aromatic heterocycles. The molecule has 1 heterocycles. The standard InChI is InChI=1S/C12H9ClN4O/c1-18-11-4-2-8(13)6-9(11)10-3-5-12(15-7-14)17-16-10/h2-6H,1H3,(H,15,17). The average molecular weight is 261 g/mol. The summed E-state index contributed by atoms with van der Waals surface area (Å²) in [6, 6.07) is 8.65. The van der Waals surface area contributed by atoms with Gasteiger partial charge in [-0.2, -0.15) is 5.26 Å². The Balaban J connectivity index is 2.42. The minimum atomic E-state index is 0.391. The summed E-state index contributed by atoms with van der Waals surface area (Å²) >= 11 is 5.95. The Morgan fingerprint density at radius 3 is 2.72 bits per heavy atom. The molecule has 0 aliphatic heterocycles. The van der Waals surface area contributed by atoms with Crippen LogP contribution >= 0.6 is 11.6 Å². The second-order valence-corrected chi connectivity index (χ2v) is 3.82. The van der Waals surface area contributed by atoms with Crippen LogP contribution in [0, 0.1) is 11.5 Å². The Hall–Kier alpha value is -2.32. The maximum absolute atomic E-state index is 8.46. The number of nitrogens with zero attached hydrogens (tertiary/aromatic N) is 3. The van der Waals surface area contributed by atoms with Crippen molar-refractivity contribution in [1.82, 2.24) is 10.2 Å². The van der Waals surface area contributed by atoms with Crippen molar-refractivity contribution in [3.8, 4) is 23.2 Å². The van der Waals surface area contributed by atoms with Gasteiger partial charge < -0.3 is 4.74 Å². The van der Waals surface area contributed by atoms with Crippen molar-refractivity contribution in [2.45, 2.75) is 0 Å². The van der Waals surface area contributed by atoms with E-state index in [2.05, 4.69) is 15.5 Å². The Kier molecular flexibility index (Phi) is 3.60. The molecular formula is C12H9ClN4O. The average Bonchev–Trinajstić information content (AvgIpc) is 2.40. The number of methoxy groups -OCH3 is 1. The highest BCUT2D eigenvalue weighted by molar-refractivity contribution is 6.30. The number of aromatic nitrogens is 2. The van der Waals surface area contributed by atoms with Gasteiger partial charge in [-0.1, -0.05) is 11.6 Å². The van der Waals surface area contributed by atoms with E-state index in [0.717, 1.165) is 5.56 Å². The number of hydrogen-bond donors (Lipinski definition) is 1. The van der Waals surface area contributed by atoms with Gasteiger partial charge in [0, 0.05) is 10.6 Å². The summed E-state index contributed by atoms with van der Waals surface area (Å²) in [4.78, 5) is 0. The van der Waals surface area contributed by atoms with Gasteiger partial charge in [0.25, 0.3) is 0 Å². The monoisotopic (exact) mass is 260 g/mol. The molecule has 0 amide bonds. The Morgan fingerprint density at radius 2 is 2.11 bits per heavy atom. The quantitative estimate of drug-likeness (QED) is 0.679. The van der Waals surface area contributed by atoms with E-state index in [-0.39, 0.29) is 0 Å². The second-order valence-electron chi connectivity index (χ2n) is 3.39. The molecule has 2 aromatic rings. The van der Waals surface area contributed by atoms with Crippen molar-refractivity contribution < 1.29 is 4.74 Å². The highest BCUT2D eigenvalue weighted by Gasteiger charge is 2.08. The third kappa shape index (κ3) is 2.50. The normalized spacial score (nSPS) is 9.61. The maximum atomic E-state index is 8.46. The maximum Gasteiger partial charge on any atom is 0.182 e. The van der Waals surface area contributed by atoms with Crippen molar-refractivity contribution >= 4 is 17.4 Å². The number of halogens is 1. The first kappa shape index (κ1) is 12.1. The van der Waals surface area contributed by atoms with Crippen LogP contribution in [0.1, 0.15) is 0 Å². The van der Waals surface area contributed by atoms with Crippen LogP contribution in [0.3, 0.4) is 0 Å². The third-order valence-corrected chi connectivity index (χ3v) is 2.52. The predicted molar refractivity (Wildman–Crippen MR) is 68.3 cm³/mol. The van der Waals surface area contributed by atoms with Crippen LogP contribution in [0.5, 0.6) is 5.75 Å². The Labute approximate surface area is 109 Å². The minimum Gasteiger partial charge on any atom is -0.496 e. The number of ether oxygens (including phenoxy) is 1. The molecule has 0 aliphatic carbocycles. The highest BCUT2D eigenvalue weighted by Crippen LogP contribution is 2.31. The molecule has 0 unspecified atom stereocenters. The molecule has 2 rings (SSSR count). The summed E-state index contributed by atoms with van der Waals surface area (Å²) in [5.74, 6) is 1.05. The summed E-state index contributed by atoms with van der Waals surface area (Å²) in [6.07, 6.45) is 1.78. The van der Waals surface area contributed by atoms with Crippen molar-refractivity contribution in [2.24, 2.45) is 0 Å². The smallest absolute Gasteiger partial charge is 0.182 e. The van der Waals surface area contributed by atoms with Gasteiger partial charge >= 0.3 is 0 Å².